The molecule has 2 aromatic carbocycles. The van der Waals surface area contributed by atoms with Crippen molar-refractivity contribution in [1.82, 2.24) is 9.55 Å². The molecular weight excluding hydrogens is 396 g/mol. The monoisotopic (exact) mass is 416 g/mol. The Morgan fingerprint density at radius 1 is 1.21 bits per heavy atom. The molecule has 3 rings (SSSR count). The molecule has 0 aliphatic rings. The molecule has 0 unspecified atom stereocenters. The molecule has 0 spiro atoms. The third-order valence-corrected chi connectivity index (χ3v) is 5.45. The maximum Gasteiger partial charge on any atom is 0.337 e. The van der Waals surface area contributed by atoms with Gasteiger partial charge < -0.3 is 4.74 Å². The average molecular weight is 417 g/mol. The van der Waals surface area contributed by atoms with E-state index in [1.54, 1.807) is 34.9 Å². The minimum absolute atomic E-state index is 0.0789. The number of nitrogens with zero attached hydrogens (tertiary/aromatic N) is 2. The second-order valence-electron chi connectivity index (χ2n) is 6.84. The van der Waals surface area contributed by atoms with Crippen LogP contribution in [0, 0.1) is 5.92 Å². The lowest BCUT2D eigenvalue weighted by Crippen LogP contribution is -2.25. The maximum absolute atomic E-state index is 13.0. The first-order valence-electron chi connectivity index (χ1n) is 8.89. The van der Waals surface area contributed by atoms with Crippen molar-refractivity contribution in [3.63, 3.8) is 0 Å². The molecule has 3 aromatic rings. The zero-order chi connectivity index (χ0) is 20.3. The fourth-order valence-corrected chi connectivity index (χ4v) is 3.95. The first-order valence-corrected chi connectivity index (χ1v) is 10.3. The third-order valence-electron chi connectivity index (χ3n) is 4.17. The van der Waals surface area contributed by atoms with Crippen LogP contribution in [0.3, 0.4) is 0 Å². The Morgan fingerprint density at radius 3 is 2.57 bits per heavy atom. The lowest BCUT2D eigenvalue weighted by Gasteiger charge is -2.15. The smallest absolute Gasteiger partial charge is 0.337 e. The summed E-state index contributed by atoms with van der Waals surface area (Å²) in [5.41, 5.74) is 2.09. The molecule has 0 bridgehead atoms. The summed E-state index contributed by atoms with van der Waals surface area (Å²) in [6.45, 7) is 4.71. The maximum atomic E-state index is 13.0. The molecule has 146 valence electrons. The average Bonchev–Trinajstić information content (AvgIpc) is 2.69. The summed E-state index contributed by atoms with van der Waals surface area (Å²) in [4.78, 5) is 29.3. The first kappa shape index (κ1) is 20.4. The van der Waals surface area contributed by atoms with Crippen LogP contribution in [-0.2, 0) is 17.0 Å². The number of halogens is 1. The molecule has 7 heteroatoms. The molecule has 0 aliphatic heterocycles. The topological polar surface area (TPSA) is 61.2 Å². The summed E-state index contributed by atoms with van der Waals surface area (Å²) >= 11 is 7.56. The SMILES string of the molecule is COC(=O)c1ccc(CSc2nc3ccc(Cl)cc3c(=O)n2CC(C)C)cc1. The molecule has 0 N–H and O–H groups in total. The van der Waals surface area contributed by atoms with Gasteiger partial charge in [0, 0.05) is 17.3 Å². The summed E-state index contributed by atoms with van der Waals surface area (Å²) in [7, 11) is 1.36. The van der Waals surface area contributed by atoms with Gasteiger partial charge in [-0.1, -0.05) is 49.3 Å². The summed E-state index contributed by atoms with van der Waals surface area (Å²) in [6.07, 6.45) is 0. The minimum Gasteiger partial charge on any atom is -0.465 e. The van der Waals surface area contributed by atoms with Gasteiger partial charge in [0.15, 0.2) is 5.16 Å². The number of rotatable bonds is 6. The highest BCUT2D eigenvalue weighted by molar-refractivity contribution is 7.98. The van der Waals surface area contributed by atoms with Crippen molar-refractivity contribution in [2.45, 2.75) is 31.3 Å². The molecule has 1 heterocycles. The standard InChI is InChI=1S/C21H21ClN2O3S/c1-13(2)11-24-19(25)17-10-16(22)8-9-18(17)23-21(24)28-12-14-4-6-15(7-5-14)20(26)27-3/h4-10,13H,11-12H2,1-3H3. The van der Waals surface area contributed by atoms with Crippen molar-refractivity contribution in [2.75, 3.05) is 7.11 Å². The Morgan fingerprint density at radius 2 is 1.93 bits per heavy atom. The van der Waals surface area contributed by atoms with Gasteiger partial charge in [0.2, 0.25) is 0 Å². The van der Waals surface area contributed by atoms with Gasteiger partial charge >= 0.3 is 5.97 Å². The summed E-state index contributed by atoms with van der Waals surface area (Å²) in [5, 5.41) is 1.72. The molecular formula is C21H21ClN2O3S. The molecule has 0 saturated heterocycles. The zero-order valence-corrected chi connectivity index (χ0v) is 17.5. The van der Waals surface area contributed by atoms with Crippen LogP contribution in [-0.4, -0.2) is 22.6 Å². The molecule has 5 nitrogen and oxygen atoms in total. The number of aromatic nitrogens is 2. The summed E-state index contributed by atoms with van der Waals surface area (Å²) < 4.78 is 6.44. The Bertz CT molecular complexity index is 1060. The van der Waals surface area contributed by atoms with Crippen LogP contribution in [0.15, 0.2) is 52.4 Å². The molecule has 0 radical (unpaired) electrons. The van der Waals surface area contributed by atoms with Crippen molar-refractivity contribution in [3.8, 4) is 0 Å². The van der Waals surface area contributed by atoms with Crippen molar-refractivity contribution in [2.24, 2.45) is 5.92 Å². The third kappa shape index (κ3) is 4.56. The van der Waals surface area contributed by atoms with Crippen LogP contribution >= 0.6 is 23.4 Å². The number of esters is 1. The van der Waals surface area contributed by atoms with Crippen LogP contribution in [0.5, 0.6) is 0 Å². The molecule has 0 saturated carbocycles. The molecule has 0 aliphatic carbocycles. The van der Waals surface area contributed by atoms with Crippen molar-refractivity contribution < 1.29 is 9.53 Å². The predicted molar refractivity (Wildman–Crippen MR) is 113 cm³/mol. The van der Waals surface area contributed by atoms with E-state index in [-0.39, 0.29) is 11.5 Å². The van der Waals surface area contributed by atoms with Gasteiger partial charge in [-0.2, -0.15) is 0 Å². The minimum atomic E-state index is -0.361. The number of ether oxygens (including phenoxy) is 1. The summed E-state index contributed by atoms with van der Waals surface area (Å²) in [5.74, 6) is 0.570. The van der Waals surface area contributed by atoms with E-state index < -0.39 is 0 Å². The van der Waals surface area contributed by atoms with Gasteiger partial charge in [0.05, 0.1) is 23.6 Å². The van der Waals surface area contributed by atoms with E-state index in [4.69, 9.17) is 21.3 Å². The van der Waals surface area contributed by atoms with Crippen LogP contribution < -0.4 is 5.56 Å². The van der Waals surface area contributed by atoms with Crippen LogP contribution in [0.4, 0.5) is 0 Å². The van der Waals surface area contributed by atoms with Gasteiger partial charge in [-0.3, -0.25) is 9.36 Å². The van der Waals surface area contributed by atoms with Crippen LogP contribution in [0.2, 0.25) is 5.02 Å². The molecule has 0 fully saturated rings. The Hall–Kier alpha value is -2.31. The Balaban J connectivity index is 1.92. The molecule has 0 atom stereocenters. The number of fused-ring (bicyclic) bond motifs is 1. The normalized spacial score (nSPS) is 11.2. The highest BCUT2D eigenvalue weighted by Gasteiger charge is 2.14. The Labute approximate surface area is 172 Å². The van der Waals surface area contributed by atoms with E-state index in [0.29, 0.717) is 44.9 Å². The van der Waals surface area contributed by atoms with Crippen LogP contribution in [0.1, 0.15) is 29.8 Å². The number of methoxy groups -OCH3 is 1. The fourth-order valence-electron chi connectivity index (χ4n) is 2.81. The van der Waals surface area contributed by atoms with Gasteiger partial charge in [-0.05, 0) is 41.8 Å². The fraction of sp³-hybridized carbons (Fsp3) is 0.286. The number of carbonyl (C=O) groups excluding carboxylic acids is 1. The van der Waals surface area contributed by atoms with E-state index in [1.807, 2.05) is 12.1 Å². The van der Waals surface area contributed by atoms with Gasteiger partial charge in [0.1, 0.15) is 0 Å². The van der Waals surface area contributed by atoms with E-state index in [9.17, 15) is 9.59 Å². The van der Waals surface area contributed by atoms with E-state index >= 15 is 0 Å². The zero-order valence-electron chi connectivity index (χ0n) is 15.9. The second kappa shape index (κ2) is 8.80. The highest BCUT2D eigenvalue weighted by Crippen LogP contribution is 2.24. The molecule has 28 heavy (non-hydrogen) atoms. The van der Waals surface area contributed by atoms with Crippen LogP contribution in [0.25, 0.3) is 10.9 Å². The van der Waals surface area contributed by atoms with Crippen molar-refractivity contribution in [3.05, 3.63) is 69.0 Å². The lowest BCUT2D eigenvalue weighted by atomic mass is 10.1. The number of carbonyl (C=O) groups is 1. The highest BCUT2D eigenvalue weighted by atomic mass is 35.5. The lowest BCUT2D eigenvalue weighted by molar-refractivity contribution is 0.0600. The van der Waals surface area contributed by atoms with Gasteiger partial charge in [-0.15, -0.1) is 0 Å². The number of hydrogen-bond donors (Lipinski definition) is 0. The number of hydrogen-bond acceptors (Lipinski definition) is 5. The van der Waals surface area contributed by atoms with Gasteiger partial charge in [-0.25, -0.2) is 9.78 Å². The Kier molecular flexibility index (Phi) is 6.42. The number of thioether (sulfide) groups is 1. The van der Waals surface area contributed by atoms with E-state index in [1.165, 1.54) is 18.9 Å². The van der Waals surface area contributed by atoms with E-state index in [0.717, 1.165) is 5.56 Å². The first-order chi connectivity index (χ1) is 13.4. The van der Waals surface area contributed by atoms with Gasteiger partial charge in [0.25, 0.3) is 5.56 Å². The quantitative estimate of drug-likeness (QED) is 0.328. The second-order valence-corrected chi connectivity index (χ2v) is 8.22. The van der Waals surface area contributed by atoms with Crippen molar-refractivity contribution >= 4 is 40.2 Å². The summed E-state index contributed by atoms with van der Waals surface area (Å²) in [6, 6.07) is 12.4. The predicted octanol–water partition coefficient (Wildman–Crippen LogP) is 4.78. The van der Waals surface area contributed by atoms with Crippen molar-refractivity contribution in [1.29, 1.82) is 0 Å². The molecule has 0 amide bonds. The largest absolute Gasteiger partial charge is 0.465 e. The number of benzene rings is 2. The molecule has 1 aromatic heterocycles. The van der Waals surface area contributed by atoms with E-state index in [2.05, 4.69) is 13.8 Å².